The van der Waals surface area contributed by atoms with E-state index in [0.717, 1.165) is 12.8 Å². The Morgan fingerprint density at radius 1 is 1.16 bits per heavy atom. The van der Waals surface area contributed by atoms with Gasteiger partial charge in [-0.05, 0) is 26.2 Å². The number of likely N-dealkylation sites (tertiary alicyclic amines) is 1. The Morgan fingerprint density at radius 2 is 1.84 bits per heavy atom. The van der Waals surface area contributed by atoms with Crippen LogP contribution in [0.4, 0.5) is 4.79 Å². The van der Waals surface area contributed by atoms with Gasteiger partial charge in [-0.1, -0.05) is 0 Å². The minimum absolute atomic E-state index is 0.0386. The van der Waals surface area contributed by atoms with Crippen LogP contribution in [0.15, 0.2) is 0 Å². The average molecular weight is 270 g/mol. The summed E-state index contributed by atoms with van der Waals surface area (Å²) < 4.78 is 5.52. The van der Waals surface area contributed by atoms with Crippen molar-refractivity contribution in [2.75, 3.05) is 32.8 Å². The third-order valence-corrected chi connectivity index (χ3v) is 3.76. The van der Waals surface area contributed by atoms with E-state index in [1.165, 1.54) is 0 Å². The van der Waals surface area contributed by atoms with Crippen molar-refractivity contribution in [1.82, 2.24) is 9.80 Å². The van der Waals surface area contributed by atoms with Crippen LogP contribution in [0.5, 0.6) is 0 Å². The molecule has 108 valence electrons. The van der Waals surface area contributed by atoms with E-state index in [-0.39, 0.29) is 12.1 Å². The largest absolute Gasteiger partial charge is 0.481 e. The van der Waals surface area contributed by atoms with Crippen LogP contribution >= 0.6 is 0 Å². The quantitative estimate of drug-likeness (QED) is 0.772. The summed E-state index contributed by atoms with van der Waals surface area (Å²) in [5, 5.41) is 9.06. The van der Waals surface area contributed by atoms with Gasteiger partial charge in [0.15, 0.2) is 0 Å². The van der Waals surface area contributed by atoms with Crippen LogP contribution in [0.25, 0.3) is 0 Å². The van der Waals surface area contributed by atoms with Crippen molar-refractivity contribution in [2.24, 2.45) is 5.92 Å². The number of ether oxygens (including phenoxy) is 1. The summed E-state index contributed by atoms with van der Waals surface area (Å²) in [5.41, 5.74) is 0. The Hall–Kier alpha value is -1.30. The number of nitrogens with zero attached hydrogens (tertiary/aromatic N) is 2. The molecule has 2 amide bonds. The summed E-state index contributed by atoms with van der Waals surface area (Å²) >= 11 is 0. The number of amides is 2. The van der Waals surface area contributed by atoms with Gasteiger partial charge in [0.2, 0.25) is 0 Å². The molecule has 0 aliphatic carbocycles. The molecule has 2 rings (SSSR count). The van der Waals surface area contributed by atoms with E-state index >= 15 is 0 Å². The Balaban J connectivity index is 1.96. The predicted molar refractivity (Wildman–Crippen MR) is 68.9 cm³/mol. The van der Waals surface area contributed by atoms with Crippen molar-refractivity contribution in [3.05, 3.63) is 0 Å². The topological polar surface area (TPSA) is 70.1 Å². The molecule has 2 aliphatic rings. The zero-order valence-electron chi connectivity index (χ0n) is 11.4. The minimum atomic E-state index is -0.801. The molecule has 19 heavy (non-hydrogen) atoms. The molecule has 0 radical (unpaired) electrons. The lowest BCUT2D eigenvalue weighted by Gasteiger charge is -2.35. The number of carboxylic acid groups (broad SMARTS) is 1. The Bertz CT molecular complexity index is 348. The molecule has 6 nitrogen and oxygen atoms in total. The summed E-state index contributed by atoms with van der Waals surface area (Å²) in [6, 6.07) is -0.0386. The summed E-state index contributed by atoms with van der Waals surface area (Å²) in [6.45, 7) is 4.92. The molecule has 2 fully saturated rings. The molecule has 0 aromatic carbocycles. The molecule has 2 heterocycles. The number of carboxylic acids is 1. The molecule has 1 unspecified atom stereocenters. The van der Waals surface area contributed by atoms with E-state index in [9.17, 15) is 9.59 Å². The molecular weight excluding hydrogens is 248 g/mol. The van der Waals surface area contributed by atoms with Crippen LogP contribution in [0.3, 0.4) is 0 Å². The SMILES string of the molecule is CC1CN(C(=O)N2CCC[C@@H](C(=O)O)C2)CCCO1. The number of carbonyl (C=O) groups excluding carboxylic acids is 1. The van der Waals surface area contributed by atoms with Gasteiger partial charge in [0.25, 0.3) is 0 Å². The first-order chi connectivity index (χ1) is 9.08. The highest BCUT2D eigenvalue weighted by Gasteiger charge is 2.31. The van der Waals surface area contributed by atoms with Crippen molar-refractivity contribution in [3.63, 3.8) is 0 Å². The molecule has 2 atom stereocenters. The van der Waals surface area contributed by atoms with Gasteiger partial charge in [0, 0.05) is 32.8 Å². The van der Waals surface area contributed by atoms with E-state index in [2.05, 4.69) is 0 Å². The number of urea groups is 1. The van der Waals surface area contributed by atoms with Gasteiger partial charge in [-0.15, -0.1) is 0 Å². The van der Waals surface area contributed by atoms with Crippen molar-refractivity contribution in [1.29, 1.82) is 0 Å². The van der Waals surface area contributed by atoms with E-state index in [0.29, 0.717) is 39.2 Å². The number of carbonyl (C=O) groups is 2. The van der Waals surface area contributed by atoms with E-state index < -0.39 is 11.9 Å². The van der Waals surface area contributed by atoms with Gasteiger partial charge in [-0.3, -0.25) is 4.79 Å². The van der Waals surface area contributed by atoms with Gasteiger partial charge < -0.3 is 19.6 Å². The standard InChI is InChI=1S/C13H22N2O4/c1-10-8-14(6-3-7-19-10)13(18)15-5-2-4-11(9-15)12(16)17/h10-11H,2-9H2,1H3,(H,16,17)/t10?,11-/m1/s1. The lowest BCUT2D eigenvalue weighted by molar-refractivity contribution is -0.143. The number of piperidine rings is 1. The third kappa shape index (κ3) is 3.59. The highest BCUT2D eigenvalue weighted by molar-refractivity contribution is 5.76. The summed E-state index contributed by atoms with van der Waals surface area (Å²) in [5.74, 6) is -1.22. The molecule has 0 bridgehead atoms. The van der Waals surface area contributed by atoms with E-state index in [1.807, 2.05) is 6.92 Å². The van der Waals surface area contributed by atoms with Crippen molar-refractivity contribution in [2.45, 2.75) is 32.3 Å². The second kappa shape index (κ2) is 6.23. The lowest BCUT2D eigenvalue weighted by atomic mass is 9.98. The molecule has 6 heteroatoms. The van der Waals surface area contributed by atoms with E-state index in [1.54, 1.807) is 9.80 Å². The molecule has 1 N–H and O–H groups in total. The normalized spacial score (nSPS) is 28.9. The Labute approximate surface area is 113 Å². The fraction of sp³-hybridized carbons (Fsp3) is 0.846. The highest BCUT2D eigenvalue weighted by Crippen LogP contribution is 2.19. The van der Waals surface area contributed by atoms with Gasteiger partial charge in [0.05, 0.1) is 12.0 Å². The average Bonchev–Trinajstić information content (AvgIpc) is 2.62. The molecule has 0 aromatic heterocycles. The molecule has 2 aliphatic heterocycles. The first kappa shape index (κ1) is 14.1. The number of hydrogen-bond acceptors (Lipinski definition) is 3. The van der Waals surface area contributed by atoms with Gasteiger partial charge in [-0.2, -0.15) is 0 Å². The first-order valence-corrected chi connectivity index (χ1v) is 6.96. The van der Waals surface area contributed by atoms with Crippen molar-refractivity contribution < 1.29 is 19.4 Å². The monoisotopic (exact) mass is 270 g/mol. The number of aliphatic carboxylic acids is 1. The number of rotatable bonds is 1. The fourth-order valence-corrected chi connectivity index (χ4v) is 2.72. The van der Waals surface area contributed by atoms with Crippen LogP contribution in [0.2, 0.25) is 0 Å². The maximum absolute atomic E-state index is 12.4. The summed E-state index contributed by atoms with van der Waals surface area (Å²) in [4.78, 5) is 26.9. The Morgan fingerprint density at radius 3 is 2.58 bits per heavy atom. The summed E-state index contributed by atoms with van der Waals surface area (Å²) in [6.07, 6.45) is 2.32. The second-order valence-electron chi connectivity index (χ2n) is 5.39. The maximum atomic E-state index is 12.4. The molecule has 0 spiro atoms. The van der Waals surface area contributed by atoms with Gasteiger partial charge >= 0.3 is 12.0 Å². The van der Waals surface area contributed by atoms with Crippen LogP contribution in [0, 0.1) is 5.92 Å². The predicted octanol–water partition coefficient (Wildman–Crippen LogP) is 1.01. The maximum Gasteiger partial charge on any atom is 0.320 e. The van der Waals surface area contributed by atoms with Crippen LogP contribution in [-0.4, -0.2) is 65.8 Å². The molecular formula is C13H22N2O4. The second-order valence-corrected chi connectivity index (χ2v) is 5.39. The highest BCUT2D eigenvalue weighted by atomic mass is 16.5. The number of hydrogen-bond donors (Lipinski definition) is 1. The van der Waals surface area contributed by atoms with Crippen LogP contribution in [0.1, 0.15) is 26.2 Å². The van der Waals surface area contributed by atoms with Crippen molar-refractivity contribution >= 4 is 12.0 Å². The molecule has 0 saturated carbocycles. The Kier molecular flexibility index (Phi) is 4.63. The van der Waals surface area contributed by atoms with Crippen LogP contribution in [-0.2, 0) is 9.53 Å². The molecule has 0 aromatic rings. The minimum Gasteiger partial charge on any atom is -0.481 e. The zero-order chi connectivity index (χ0) is 13.8. The third-order valence-electron chi connectivity index (χ3n) is 3.76. The van der Waals surface area contributed by atoms with Crippen LogP contribution < -0.4 is 0 Å². The lowest BCUT2D eigenvalue weighted by Crippen LogP contribution is -2.50. The molecule has 2 saturated heterocycles. The van der Waals surface area contributed by atoms with Gasteiger partial charge in [-0.25, -0.2) is 4.79 Å². The zero-order valence-corrected chi connectivity index (χ0v) is 11.4. The first-order valence-electron chi connectivity index (χ1n) is 6.96. The van der Waals surface area contributed by atoms with Crippen molar-refractivity contribution in [3.8, 4) is 0 Å². The van der Waals surface area contributed by atoms with E-state index in [4.69, 9.17) is 9.84 Å². The summed E-state index contributed by atoms with van der Waals surface area (Å²) in [7, 11) is 0. The smallest absolute Gasteiger partial charge is 0.320 e. The van der Waals surface area contributed by atoms with Gasteiger partial charge in [0.1, 0.15) is 0 Å². The fourth-order valence-electron chi connectivity index (χ4n) is 2.72.